The molecule has 3 nitrogen and oxygen atoms in total. The van der Waals surface area contributed by atoms with Crippen LogP contribution in [0.4, 0.5) is 8.78 Å². The number of fused-ring (bicyclic) bond motifs is 1. The lowest BCUT2D eigenvalue weighted by molar-refractivity contribution is 0.509. The maximum atomic E-state index is 13.5. The van der Waals surface area contributed by atoms with Gasteiger partial charge < -0.3 is 5.32 Å². The number of nitrogens with one attached hydrogen (secondary N) is 1. The summed E-state index contributed by atoms with van der Waals surface area (Å²) < 4.78 is 26.7. The van der Waals surface area contributed by atoms with Crippen LogP contribution in [0.2, 0.25) is 0 Å². The lowest BCUT2D eigenvalue weighted by Crippen LogP contribution is -2.26. The van der Waals surface area contributed by atoms with E-state index in [0.717, 1.165) is 36.1 Å². The Morgan fingerprint density at radius 3 is 2.67 bits per heavy atom. The predicted molar refractivity (Wildman–Crippen MR) is 76.9 cm³/mol. The average molecular weight is 289 g/mol. The molecule has 3 rings (SSSR count). The van der Waals surface area contributed by atoms with E-state index in [9.17, 15) is 8.78 Å². The van der Waals surface area contributed by atoms with Gasteiger partial charge in [-0.1, -0.05) is 13.8 Å². The Balaban J connectivity index is 2.19. The Bertz CT molecular complexity index is 683. The highest BCUT2D eigenvalue weighted by Crippen LogP contribution is 2.28. The van der Waals surface area contributed by atoms with Crippen molar-refractivity contribution in [3.63, 3.8) is 0 Å². The molecule has 2 heterocycles. The number of hydrogen-bond donors (Lipinski definition) is 1. The molecular formula is C16H17F2N3. The van der Waals surface area contributed by atoms with Crippen molar-refractivity contribution in [3.05, 3.63) is 46.9 Å². The van der Waals surface area contributed by atoms with Crippen molar-refractivity contribution in [2.24, 2.45) is 0 Å². The van der Waals surface area contributed by atoms with Crippen LogP contribution in [0.1, 0.15) is 36.8 Å². The zero-order chi connectivity index (χ0) is 15.0. The summed E-state index contributed by atoms with van der Waals surface area (Å²) in [6.45, 7) is 5.58. The zero-order valence-corrected chi connectivity index (χ0v) is 12.1. The summed E-state index contributed by atoms with van der Waals surface area (Å²) in [4.78, 5) is 9.21. The Labute approximate surface area is 122 Å². The summed E-state index contributed by atoms with van der Waals surface area (Å²) in [7, 11) is 0. The van der Waals surface area contributed by atoms with Crippen LogP contribution >= 0.6 is 0 Å². The first-order chi connectivity index (χ1) is 10.1. The molecule has 0 fully saturated rings. The van der Waals surface area contributed by atoms with Crippen molar-refractivity contribution in [2.45, 2.75) is 32.7 Å². The Morgan fingerprint density at radius 1 is 1.14 bits per heavy atom. The van der Waals surface area contributed by atoms with Gasteiger partial charge in [-0.15, -0.1) is 0 Å². The lowest BCUT2D eigenvalue weighted by Gasteiger charge is -2.21. The van der Waals surface area contributed by atoms with E-state index >= 15 is 0 Å². The second-order valence-electron chi connectivity index (χ2n) is 5.57. The van der Waals surface area contributed by atoms with Crippen LogP contribution in [-0.2, 0) is 13.0 Å². The van der Waals surface area contributed by atoms with Crippen molar-refractivity contribution in [3.8, 4) is 11.3 Å². The predicted octanol–water partition coefficient (Wildman–Crippen LogP) is 3.19. The minimum atomic E-state index is -0.852. The maximum Gasteiger partial charge on any atom is 0.159 e. The van der Waals surface area contributed by atoms with Gasteiger partial charge in [0.1, 0.15) is 5.82 Å². The topological polar surface area (TPSA) is 37.8 Å². The first-order valence-electron chi connectivity index (χ1n) is 7.12. The number of aromatic nitrogens is 2. The fraction of sp³-hybridized carbons (Fsp3) is 0.375. The molecule has 1 aromatic heterocycles. The number of benzene rings is 1. The van der Waals surface area contributed by atoms with Crippen LogP contribution < -0.4 is 5.32 Å². The van der Waals surface area contributed by atoms with E-state index < -0.39 is 11.6 Å². The van der Waals surface area contributed by atoms with Gasteiger partial charge in [-0.25, -0.2) is 18.7 Å². The summed E-state index contributed by atoms with van der Waals surface area (Å²) in [6.07, 6.45) is 0.828. The summed E-state index contributed by atoms with van der Waals surface area (Å²) in [5, 5.41) is 3.28. The van der Waals surface area contributed by atoms with E-state index in [4.69, 9.17) is 0 Å². The van der Waals surface area contributed by atoms with E-state index in [0.29, 0.717) is 17.8 Å². The van der Waals surface area contributed by atoms with E-state index in [1.54, 1.807) is 6.07 Å². The van der Waals surface area contributed by atoms with Crippen molar-refractivity contribution in [1.29, 1.82) is 0 Å². The summed E-state index contributed by atoms with van der Waals surface area (Å²) in [5.41, 5.74) is 3.29. The molecule has 1 aliphatic rings. The quantitative estimate of drug-likeness (QED) is 0.922. The number of rotatable bonds is 2. The second-order valence-corrected chi connectivity index (χ2v) is 5.57. The zero-order valence-electron chi connectivity index (χ0n) is 12.1. The largest absolute Gasteiger partial charge is 0.312 e. The van der Waals surface area contributed by atoms with Crippen molar-refractivity contribution >= 4 is 0 Å². The molecule has 21 heavy (non-hydrogen) atoms. The number of halogens is 2. The smallest absolute Gasteiger partial charge is 0.159 e. The van der Waals surface area contributed by atoms with Crippen molar-refractivity contribution in [1.82, 2.24) is 15.3 Å². The third kappa shape index (κ3) is 2.65. The first kappa shape index (κ1) is 14.1. The first-order valence-corrected chi connectivity index (χ1v) is 7.12. The summed E-state index contributed by atoms with van der Waals surface area (Å²) in [6, 6.07) is 3.92. The highest BCUT2D eigenvalue weighted by atomic mass is 19.2. The SMILES string of the molecule is CC(C)c1nc2c(c(-c3ccc(F)c(F)c3)n1)CNCC2. The average Bonchev–Trinajstić information content (AvgIpc) is 2.49. The molecule has 0 spiro atoms. The molecule has 0 amide bonds. The van der Waals surface area contributed by atoms with Gasteiger partial charge in [0.25, 0.3) is 0 Å². The summed E-state index contributed by atoms with van der Waals surface area (Å²) in [5.74, 6) is -0.761. The number of hydrogen-bond acceptors (Lipinski definition) is 3. The highest BCUT2D eigenvalue weighted by Gasteiger charge is 2.20. The van der Waals surface area contributed by atoms with Crippen LogP contribution in [0.15, 0.2) is 18.2 Å². The Kier molecular flexibility index (Phi) is 3.68. The van der Waals surface area contributed by atoms with Gasteiger partial charge in [-0.2, -0.15) is 0 Å². The van der Waals surface area contributed by atoms with E-state index in [1.165, 1.54) is 6.07 Å². The van der Waals surface area contributed by atoms with Gasteiger partial charge in [-0.3, -0.25) is 0 Å². The number of nitrogens with zero attached hydrogens (tertiary/aromatic N) is 2. The lowest BCUT2D eigenvalue weighted by atomic mass is 9.99. The van der Waals surface area contributed by atoms with Gasteiger partial charge in [0.05, 0.1) is 11.4 Å². The maximum absolute atomic E-state index is 13.5. The molecular weight excluding hydrogens is 272 g/mol. The molecule has 0 saturated heterocycles. The van der Waals surface area contributed by atoms with Gasteiger partial charge in [0.2, 0.25) is 0 Å². The molecule has 0 unspecified atom stereocenters. The van der Waals surface area contributed by atoms with Crippen molar-refractivity contribution in [2.75, 3.05) is 6.54 Å². The van der Waals surface area contributed by atoms with E-state index in [-0.39, 0.29) is 5.92 Å². The molecule has 1 aliphatic heterocycles. The molecule has 0 bridgehead atoms. The van der Waals surface area contributed by atoms with Crippen LogP contribution in [-0.4, -0.2) is 16.5 Å². The molecule has 0 atom stereocenters. The van der Waals surface area contributed by atoms with Crippen molar-refractivity contribution < 1.29 is 8.78 Å². The fourth-order valence-electron chi connectivity index (χ4n) is 2.50. The van der Waals surface area contributed by atoms with Crippen LogP contribution in [0.25, 0.3) is 11.3 Å². The van der Waals surface area contributed by atoms with E-state index in [1.807, 2.05) is 13.8 Å². The summed E-state index contributed by atoms with van der Waals surface area (Å²) >= 11 is 0. The highest BCUT2D eigenvalue weighted by molar-refractivity contribution is 5.64. The third-order valence-electron chi connectivity index (χ3n) is 3.66. The Hall–Kier alpha value is -1.88. The molecule has 0 aliphatic carbocycles. The molecule has 1 aromatic carbocycles. The Morgan fingerprint density at radius 2 is 1.95 bits per heavy atom. The van der Waals surface area contributed by atoms with Crippen LogP contribution in [0.5, 0.6) is 0 Å². The minimum absolute atomic E-state index is 0.189. The third-order valence-corrected chi connectivity index (χ3v) is 3.66. The van der Waals surface area contributed by atoms with Gasteiger partial charge in [0.15, 0.2) is 11.6 Å². The molecule has 0 radical (unpaired) electrons. The van der Waals surface area contributed by atoms with Gasteiger partial charge in [-0.05, 0) is 18.2 Å². The normalized spacial score (nSPS) is 14.3. The molecule has 110 valence electrons. The van der Waals surface area contributed by atoms with Gasteiger partial charge in [0, 0.05) is 36.6 Å². The molecule has 2 aromatic rings. The van der Waals surface area contributed by atoms with Gasteiger partial charge >= 0.3 is 0 Å². The monoisotopic (exact) mass is 289 g/mol. The molecule has 0 saturated carbocycles. The molecule has 1 N–H and O–H groups in total. The van der Waals surface area contributed by atoms with Crippen LogP contribution in [0, 0.1) is 11.6 Å². The molecule has 5 heteroatoms. The fourth-order valence-corrected chi connectivity index (χ4v) is 2.50. The van der Waals surface area contributed by atoms with E-state index in [2.05, 4.69) is 15.3 Å². The van der Waals surface area contributed by atoms with Crippen LogP contribution in [0.3, 0.4) is 0 Å². The minimum Gasteiger partial charge on any atom is -0.312 e. The standard InChI is InChI=1S/C16H17F2N3/c1-9(2)16-20-14-5-6-19-8-11(14)15(21-16)10-3-4-12(17)13(18)7-10/h3-4,7,9,19H,5-6,8H2,1-2H3. The second kappa shape index (κ2) is 5.48.